The van der Waals surface area contributed by atoms with E-state index in [9.17, 15) is 4.79 Å². The summed E-state index contributed by atoms with van der Waals surface area (Å²) in [6.45, 7) is 5.08. The van der Waals surface area contributed by atoms with Gasteiger partial charge in [0.25, 0.3) is 5.91 Å². The maximum Gasteiger partial charge on any atom is 0.260 e. The molecule has 1 aromatic heterocycles. The second-order valence-corrected chi connectivity index (χ2v) is 8.31. The first-order chi connectivity index (χ1) is 16.0. The Hall–Kier alpha value is -3.03. The van der Waals surface area contributed by atoms with Gasteiger partial charge in [0.15, 0.2) is 12.4 Å². The molecule has 172 valence electrons. The molecule has 33 heavy (non-hydrogen) atoms. The topological polar surface area (TPSA) is 67.8 Å². The molecule has 2 heterocycles. The summed E-state index contributed by atoms with van der Waals surface area (Å²) in [6, 6.07) is 16.3. The molecule has 0 N–H and O–H groups in total. The van der Waals surface area contributed by atoms with Crippen molar-refractivity contribution in [2.75, 3.05) is 44.3 Å². The highest BCUT2D eigenvalue weighted by Gasteiger charge is 2.22. The van der Waals surface area contributed by atoms with Gasteiger partial charge in [0.2, 0.25) is 0 Å². The molecule has 0 spiro atoms. The molecule has 2 aromatic carbocycles. The zero-order chi connectivity index (χ0) is 23.2. The number of anilines is 1. The smallest absolute Gasteiger partial charge is 0.260 e. The average Bonchev–Trinajstić information content (AvgIpc) is 2.84. The summed E-state index contributed by atoms with van der Waals surface area (Å²) in [4.78, 5) is 16.5. The molecule has 1 amide bonds. The first-order valence-corrected chi connectivity index (χ1v) is 11.5. The second-order valence-electron chi connectivity index (χ2n) is 7.46. The van der Waals surface area contributed by atoms with Gasteiger partial charge in [-0.25, -0.2) is 0 Å². The predicted octanol–water partition coefficient (Wildman–Crippen LogP) is 4.58. The highest BCUT2D eigenvalue weighted by atomic mass is 35.5. The number of ether oxygens (including phenoxy) is 2. The molecule has 0 aliphatic carbocycles. The first kappa shape index (κ1) is 23.1. The molecule has 0 radical (unpaired) electrons. The number of nitrogens with zero attached hydrogens (tertiary/aromatic N) is 4. The fourth-order valence-electron chi connectivity index (χ4n) is 3.55. The van der Waals surface area contributed by atoms with Crippen LogP contribution in [0.2, 0.25) is 10.0 Å². The molecule has 1 aliphatic rings. The van der Waals surface area contributed by atoms with E-state index in [4.69, 9.17) is 32.7 Å². The van der Waals surface area contributed by atoms with Crippen LogP contribution in [0.25, 0.3) is 11.3 Å². The van der Waals surface area contributed by atoms with Gasteiger partial charge < -0.3 is 19.3 Å². The standard InChI is InChI=1S/C24H24Cl2N4O3/c1-2-32-18-4-6-19(7-5-18)33-16-24(31)30-13-11-29(12-14-30)23-10-9-22(27-28-23)20-8-3-17(25)15-21(20)26/h3-10,15H,2,11-14,16H2,1H3. The van der Waals surface area contributed by atoms with Crippen LogP contribution >= 0.6 is 23.2 Å². The zero-order valence-corrected chi connectivity index (χ0v) is 19.7. The Kier molecular flexibility index (Phi) is 7.52. The van der Waals surface area contributed by atoms with Crippen LogP contribution < -0.4 is 14.4 Å². The van der Waals surface area contributed by atoms with Crippen LogP contribution in [0.15, 0.2) is 54.6 Å². The molecular formula is C24H24Cl2N4O3. The average molecular weight is 487 g/mol. The van der Waals surface area contributed by atoms with E-state index in [2.05, 4.69) is 15.1 Å². The molecule has 4 rings (SSSR count). The van der Waals surface area contributed by atoms with Gasteiger partial charge in [0.1, 0.15) is 11.5 Å². The summed E-state index contributed by atoms with van der Waals surface area (Å²) >= 11 is 12.2. The van der Waals surface area contributed by atoms with E-state index in [1.807, 2.05) is 37.3 Å². The van der Waals surface area contributed by atoms with Gasteiger partial charge in [-0.05, 0) is 61.5 Å². The van der Waals surface area contributed by atoms with Gasteiger partial charge in [-0.1, -0.05) is 23.2 Å². The molecule has 0 bridgehead atoms. The highest BCUT2D eigenvalue weighted by molar-refractivity contribution is 6.36. The Morgan fingerprint density at radius 3 is 2.21 bits per heavy atom. The molecule has 3 aromatic rings. The van der Waals surface area contributed by atoms with Crippen molar-refractivity contribution in [3.63, 3.8) is 0 Å². The van der Waals surface area contributed by atoms with Crippen molar-refractivity contribution in [3.8, 4) is 22.8 Å². The Morgan fingerprint density at radius 2 is 1.61 bits per heavy atom. The van der Waals surface area contributed by atoms with Crippen molar-refractivity contribution in [1.29, 1.82) is 0 Å². The Balaban J connectivity index is 1.28. The van der Waals surface area contributed by atoms with Gasteiger partial charge in [-0.3, -0.25) is 4.79 Å². The number of carbonyl (C=O) groups excluding carboxylic acids is 1. The van der Waals surface area contributed by atoms with Crippen molar-refractivity contribution < 1.29 is 14.3 Å². The number of amides is 1. The fraction of sp³-hybridized carbons (Fsp3) is 0.292. The first-order valence-electron chi connectivity index (χ1n) is 10.7. The number of rotatable bonds is 7. The minimum absolute atomic E-state index is 0.00430. The lowest BCUT2D eigenvalue weighted by Gasteiger charge is -2.35. The van der Waals surface area contributed by atoms with Crippen LogP contribution in [0.4, 0.5) is 5.82 Å². The third-order valence-electron chi connectivity index (χ3n) is 5.31. The van der Waals surface area contributed by atoms with Gasteiger partial charge in [-0.15, -0.1) is 10.2 Å². The summed E-state index contributed by atoms with van der Waals surface area (Å²) < 4.78 is 11.0. The highest BCUT2D eigenvalue weighted by Crippen LogP contribution is 2.29. The second kappa shape index (κ2) is 10.7. The SMILES string of the molecule is CCOc1ccc(OCC(=O)N2CCN(c3ccc(-c4ccc(Cl)cc4Cl)nn3)CC2)cc1. The Labute approximate surface area is 202 Å². The number of benzene rings is 2. The van der Waals surface area contributed by atoms with E-state index in [-0.39, 0.29) is 12.5 Å². The molecule has 1 aliphatic heterocycles. The number of hydrogen-bond donors (Lipinski definition) is 0. The Bertz CT molecular complexity index is 1090. The van der Waals surface area contributed by atoms with Crippen LogP contribution in [0.5, 0.6) is 11.5 Å². The van der Waals surface area contributed by atoms with E-state index < -0.39 is 0 Å². The summed E-state index contributed by atoms with van der Waals surface area (Å²) in [5, 5.41) is 9.78. The third kappa shape index (κ3) is 5.86. The van der Waals surface area contributed by atoms with Crippen LogP contribution in [0, 0.1) is 0 Å². The summed E-state index contributed by atoms with van der Waals surface area (Å²) in [5.41, 5.74) is 1.46. The third-order valence-corrected chi connectivity index (χ3v) is 5.86. The van der Waals surface area contributed by atoms with Crippen LogP contribution in [0.3, 0.4) is 0 Å². The minimum atomic E-state index is -0.0395. The fourth-order valence-corrected chi connectivity index (χ4v) is 4.06. The van der Waals surface area contributed by atoms with Crippen molar-refractivity contribution in [2.45, 2.75) is 6.92 Å². The molecular weight excluding hydrogens is 463 g/mol. The van der Waals surface area contributed by atoms with Crippen molar-refractivity contribution >= 4 is 34.9 Å². The van der Waals surface area contributed by atoms with E-state index in [1.165, 1.54) is 0 Å². The summed E-state index contributed by atoms with van der Waals surface area (Å²) in [7, 11) is 0. The largest absolute Gasteiger partial charge is 0.494 e. The number of carbonyl (C=O) groups is 1. The molecule has 1 saturated heterocycles. The maximum absolute atomic E-state index is 12.5. The lowest BCUT2D eigenvalue weighted by molar-refractivity contribution is -0.133. The minimum Gasteiger partial charge on any atom is -0.494 e. The van der Waals surface area contributed by atoms with Gasteiger partial charge in [-0.2, -0.15) is 0 Å². The van der Waals surface area contributed by atoms with Crippen LogP contribution in [-0.2, 0) is 4.79 Å². The van der Waals surface area contributed by atoms with Crippen molar-refractivity contribution in [3.05, 3.63) is 64.6 Å². The Morgan fingerprint density at radius 1 is 0.909 bits per heavy atom. The van der Waals surface area contributed by atoms with E-state index in [1.54, 1.807) is 29.2 Å². The predicted molar refractivity (Wildman–Crippen MR) is 129 cm³/mol. The quantitative estimate of drug-likeness (QED) is 0.486. The zero-order valence-electron chi connectivity index (χ0n) is 18.2. The summed E-state index contributed by atoms with van der Waals surface area (Å²) in [6.07, 6.45) is 0. The molecule has 0 atom stereocenters. The molecule has 0 unspecified atom stereocenters. The van der Waals surface area contributed by atoms with E-state index in [0.29, 0.717) is 54.3 Å². The van der Waals surface area contributed by atoms with Gasteiger partial charge >= 0.3 is 0 Å². The summed E-state index contributed by atoms with van der Waals surface area (Å²) in [5.74, 6) is 2.14. The van der Waals surface area contributed by atoms with Crippen LogP contribution in [0.1, 0.15) is 6.92 Å². The number of piperazine rings is 1. The monoisotopic (exact) mass is 486 g/mol. The number of hydrogen-bond acceptors (Lipinski definition) is 6. The number of halogens is 2. The van der Waals surface area contributed by atoms with Gasteiger partial charge in [0, 0.05) is 36.8 Å². The maximum atomic E-state index is 12.5. The number of aromatic nitrogens is 2. The van der Waals surface area contributed by atoms with Crippen molar-refractivity contribution in [2.24, 2.45) is 0 Å². The van der Waals surface area contributed by atoms with Crippen molar-refractivity contribution in [1.82, 2.24) is 15.1 Å². The molecule has 0 saturated carbocycles. The molecule has 9 heteroatoms. The normalized spacial score (nSPS) is 13.7. The van der Waals surface area contributed by atoms with Crippen LogP contribution in [-0.4, -0.2) is 60.4 Å². The lowest BCUT2D eigenvalue weighted by atomic mass is 10.1. The van der Waals surface area contributed by atoms with Gasteiger partial charge in [0.05, 0.1) is 17.3 Å². The molecule has 1 fully saturated rings. The van der Waals surface area contributed by atoms with E-state index in [0.717, 1.165) is 17.1 Å². The molecule has 7 nitrogen and oxygen atoms in total. The van der Waals surface area contributed by atoms with E-state index >= 15 is 0 Å². The lowest BCUT2D eigenvalue weighted by Crippen LogP contribution is -2.50.